The summed E-state index contributed by atoms with van der Waals surface area (Å²) in [5.41, 5.74) is 7.44. The number of carbonyl (C=O) groups is 1. The van der Waals surface area contributed by atoms with Crippen molar-refractivity contribution in [3.05, 3.63) is 77.7 Å². The van der Waals surface area contributed by atoms with Crippen molar-refractivity contribution in [3.8, 4) is 11.5 Å². The fourth-order valence-electron chi connectivity index (χ4n) is 2.67. The van der Waals surface area contributed by atoms with Crippen molar-refractivity contribution >= 4 is 6.03 Å². The van der Waals surface area contributed by atoms with E-state index in [4.69, 9.17) is 14.9 Å². The average molecular weight is 367 g/mol. The first kappa shape index (κ1) is 18.6. The third-order valence-electron chi connectivity index (χ3n) is 4.06. The molecule has 3 aromatic rings. The van der Waals surface area contributed by atoms with Crippen LogP contribution in [0.3, 0.4) is 0 Å². The molecule has 27 heavy (non-hydrogen) atoms. The van der Waals surface area contributed by atoms with Crippen LogP contribution >= 0.6 is 0 Å². The molecule has 0 aliphatic heterocycles. The summed E-state index contributed by atoms with van der Waals surface area (Å²) in [6.45, 7) is 2.05. The molecule has 7 nitrogen and oxygen atoms in total. The normalized spacial score (nSPS) is 11.9. The van der Waals surface area contributed by atoms with Crippen LogP contribution in [0.15, 0.2) is 65.1 Å². The van der Waals surface area contributed by atoms with Gasteiger partial charge in [0.15, 0.2) is 6.23 Å². The Kier molecular flexibility index (Phi) is 5.85. The van der Waals surface area contributed by atoms with Crippen LogP contribution in [-0.2, 0) is 11.2 Å². The number of hydrogen-bond donors (Lipinski definition) is 2. The molecule has 7 heteroatoms. The summed E-state index contributed by atoms with van der Waals surface area (Å²) < 4.78 is 11.4. The zero-order valence-electron chi connectivity index (χ0n) is 14.9. The molecular weight excluding hydrogens is 346 g/mol. The van der Waals surface area contributed by atoms with Crippen molar-refractivity contribution in [3.63, 3.8) is 0 Å². The quantitative estimate of drug-likeness (QED) is 0.377. The van der Waals surface area contributed by atoms with Gasteiger partial charge < -0.3 is 14.9 Å². The van der Waals surface area contributed by atoms with E-state index >= 15 is 0 Å². The molecule has 0 saturated heterocycles. The Morgan fingerprint density at radius 3 is 2.44 bits per heavy atom. The number of oxazole rings is 1. The van der Waals surface area contributed by atoms with Crippen LogP contribution < -0.4 is 5.73 Å². The maximum Gasteiger partial charge on any atom is 0.341 e. The Morgan fingerprint density at radius 2 is 1.81 bits per heavy atom. The van der Waals surface area contributed by atoms with E-state index in [1.54, 1.807) is 24.3 Å². The molecule has 0 aliphatic carbocycles. The van der Waals surface area contributed by atoms with Gasteiger partial charge in [-0.3, -0.25) is 5.21 Å². The van der Waals surface area contributed by atoms with Gasteiger partial charge in [-0.15, -0.1) is 0 Å². The lowest BCUT2D eigenvalue weighted by molar-refractivity contribution is -0.179. The van der Waals surface area contributed by atoms with Gasteiger partial charge >= 0.3 is 6.03 Å². The SMILES string of the molecule is Cc1oc(-c2ccccc2)nc1CCOC(c1ccccc1)N(O)C(N)=O. The number of carbonyl (C=O) groups excluding carboxylic acids is 1. The van der Waals surface area contributed by atoms with Gasteiger partial charge in [0, 0.05) is 17.5 Å². The van der Waals surface area contributed by atoms with E-state index in [-0.39, 0.29) is 6.61 Å². The second-order valence-corrected chi connectivity index (χ2v) is 5.95. The molecule has 1 heterocycles. The Bertz CT molecular complexity index is 881. The van der Waals surface area contributed by atoms with E-state index in [0.717, 1.165) is 11.3 Å². The first-order valence-electron chi connectivity index (χ1n) is 8.52. The maximum atomic E-state index is 11.4. The first-order valence-corrected chi connectivity index (χ1v) is 8.52. The number of nitrogens with two attached hydrogens (primary N) is 1. The van der Waals surface area contributed by atoms with Crippen LogP contribution in [0.4, 0.5) is 4.79 Å². The number of primary amides is 1. The number of aromatic nitrogens is 1. The summed E-state index contributed by atoms with van der Waals surface area (Å²) in [6.07, 6.45) is -0.539. The van der Waals surface area contributed by atoms with Crippen LogP contribution in [0, 0.1) is 6.92 Å². The lowest BCUT2D eigenvalue weighted by Crippen LogP contribution is -2.37. The molecule has 1 aromatic heterocycles. The van der Waals surface area contributed by atoms with E-state index in [9.17, 15) is 10.0 Å². The Morgan fingerprint density at radius 1 is 1.19 bits per heavy atom. The zero-order chi connectivity index (χ0) is 19.2. The van der Waals surface area contributed by atoms with Gasteiger partial charge in [-0.2, -0.15) is 5.06 Å². The third-order valence-corrected chi connectivity index (χ3v) is 4.06. The second-order valence-electron chi connectivity index (χ2n) is 5.95. The second kappa shape index (κ2) is 8.48. The molecule has 1 atom stereocenters. The highest BCUT2D eigenvalue weighted by Gasteiger charge is 2.23. The Hall–Kier alpha value is -3.16. The van der Waals surface area contributed by atoms with E-state index in [1.165, 1.54) is 0 Å². The lowest BCUT2D eigenvalue weighted by Gasteiger charge is -2.24. The van der Waals surface area contributed by atoms with Crippen LogP contribution in [0.2, 0.25) is 0 Å². The largest absolute Gasteiger partial charge is 0.441 e. The number of benzene rings is 2. The summed E-state index contributed by atoms with van der Waals surface area (Å²) in [5.74, 6) is 1.24. The van der Waals surface area contributed by atoms with Crippen molar-refractivity contribution in [1.82, 2.24) is 10.0 Å². The average Bonchev–Trinajstić information content (AvgIpc) is 3.07. The lowest BCUT2D eigenvalue weighted by atomic mass is 10.2. The van der Waals surface area contributed by atoms with Gasteiger partial charge in [0.25, 0.3) is 0 Å². The van der Waals surface area contributed by atoms with E-state index < -0.39 is 12.3 Å². The number of hydroxylamine groups is 2. The van der Waals surface area contributed by atoms with Crippen LogP contribution in [-0.4, -0.2) is 27.9 Å². The predicted octanol–water partition coefficient (Wildman–Crippen LogP) is 3.68. The molecule has 0 fully saturated rings. The topological polar surface area (TPSA) is 102 Å². The van der Waals surface area contributed by atoms with Gasteiger partial charge in [0.2, 0.25) is 5.89 Å². The first-order chi connectivity index (χ1) is 13.1. The molecule has 2 amide bonds. The minimum atomic E-state index is -0.996. The molecular formula is C20H21N3O4. The summed E-state index contributed by atoms with van der Waals surface area (Å²) in [5, 5.41) is 10.3. The minimum Gasteiger partial charge on any atom is -0.441 e. The minimum absolute atomic E-state index is 0.214. The molecule has 0 spiro atoms. The van der Waals surface area contributed by atoms with Gasteiger partial charge in [0.1, 0.15) is 5.76 Å². The molecule has 2 aromatic carbocycles. The van der Waals surface area contributed by atoms with Crippen LogP contribution in [0.5, 0.6) is 0 Å². The van der Waals surface area contributed by atoms with E-state index in [1.807, 2.05) is 43.3 Å². The summed E-state index contributed by atoms with van der Waals surface area (Å²) in [4.78, 5) is 15.9. The van der Waals surface area contributed by atoms with Crippen molar-refractivity contribution < 1.29 is 19.2 Å². The van der Waals surface area contributed by atoms with Crippen molar-refractivity contribution in [2.45, 2.75) is 19.6 Å². The highest BCUT2D eigenvalue weighted by atomic mass is 16.6. The Balaban J connectivity index is 1.68. The molecule has 0 radical (unpaired) electrons. The van der Waals surface area contributed by atoms with E-state index in [2.05, 4.69) is 4.98 Å². The van der Waals surface area contributed by atoms with Crippen LogP contribution in [0.1, 0.15) is 23.2 Å². The molecule has 0 saturated carbocycles. The van der Waals surface area contributed by atoms with Crippen molar-refractivity contribution in [2.75, 3.05) is 6.61 Å². The fraction of sp³-hybridized carbons (Fsp3) is 0.200. The van der Waals surface area contributed by atoms with Gasteiger partial charge in [-0.05, 0) is 19.1 Å². The molecule has 3 N–H and O–H groups in total. The number of urea groups is 1. The predicted molar refractivity (Wildman–Crippen MR) is 98.7 cm³/mol. The molecule has 0 aliphatic rings. The number of hydrogen-bond acceptors (Lipinski definition) is 5. The number of rotatable bonds is 7. The molecule has 1 unspecified atom stereocenters. The molecule has 0 bridgehead atoms. The highest BCUT2D eigenvalue weighted by molar-refractivity contribution is 5.71. The summed E-state index contributed by atoms with van der Waals surface area (Å²) in [7, 11) is 0. The third kappa shape index (κ3) is 4.52. The van der Waals surface area contributed by atoms with Crippen molar-refractivity contribution in [2.24, 2.45) is 5.73 Å². The zero-order valence-corrected chi connectivity index (χ0v) is 14.9. The maximum absolute atomic E-state index is 11.4. The monoisotopic (exact) mass is 367 g/mol. The van der Waals surface area contributed by atoms with Crippen molar-refractivity contribution in [1.29, 1.82) is 0 Å². The highest BCUT2D eigenvalue weighted by Crippen LogP contribution is 2.23. The molecule has 3 rings (SSSR count). The number of nitrogens with zero attached hydrogens (tertiary/aromatic N) is 2. The van der Waals surface area contributed by atoms with Crippen LogP contribution in [0.25, 0.3) is 11.5 Å². The standard InChI is InChI=1S/C20H21N3O4/c1-14-17(22-18(27-14)15-8-4-2-5-9-15)12-13-26-19(23(25)20(21)24)16-10-6-3-7-11-16/h2-11,19,25H,12-13H2,1H3,(H2,21,24). The number of ether oxygens (including phenoxy) is 1. The van der Waals surface area contributed by atoms with Gasteiger partial charge in [-0.25, -0.2) is 9.78 Å². The van der Waals surface area contributed by atoms with E-state index in [0.29, 0.717) is 28.7 Å². The summed E-state index contributed by atoms with van der Waals surface area (Å²) >= 11 is 0. The van der Waals surface area contributed by atoms with Gasteiger partial charge in [0.05, 0.1) is 12.3 Å². The van der Waals surface area contributed by atoms with Gasteiger partial charge in [-0.1, -0.05) is 48.5 Å². The molecule has 140 valence electrons. The smallest absolute Gasteiger partial charge is 0.341 e. The number of amides is 2. The summed E-state index contributed by atoms with van der Waals surface area (Å²) in [6, 6.07) is 17.5. The Labute approximate surface area is 157 Å². The fourth-order valence-corrected chi connectivity index (χ4v) is 2.67. The number of aryl methyl sites for hydroxylation is 1.